The van der Waals surface area contributed by atoms with E-state index in [9.17, 15) is 0 Å². The molecule has 0 saturated heterocycles. The summed E-state index contributed by atoms with van der Waals surface area (Å²) in [7, 11) is 0. The van der Waals surface area contributed by atoms with Crippen molar-refractivity contribution in [3.63, 3.8) is 0 Å². The van der Waals surface area contributed by atoms with Crippen LogP contribution in [0.4, 0.5) is 0 Å². The molecule has 0 fully saturated rings. The Balaban J connectivity index is 2.08. The molecule has 102 valence electrons. The quantitative estimate of drug-likeness (QED) is 0.400. The van der Waals surface area contributed by atoms with Gasteiger partial charge in [-0.3, -0.25) is 0 Å². The summed E-state index contributed by atoms with van der Waals surface area (Å²) in [5.41, 5.74) is 10.9. The monoisotopic (exact) mass is 305 g/mol. The highest BCUT2D eigenvalue weighted by molar-refractivity contribution is 6.30. The average Bonchev–Trinajstić information content (AvgIpc) is 2.44. The first-order valence-electron chi connectivity index (χ1n) is 6.20. The molecule has 0 aliphatic rings. The van der Waals surface area contributed by atoms with Gasteiger partial charge in [-0.05, 0) is 53.8 Å². The van der Waals surface area contributed by atoms with Crippen molar-refractivity contribution in [2.45, 2.75) is 18.9 Å². The lowest BCUT2D eigenvalue weighted by atomic mass is 10.00. The van der Waals surface area contributed by atoms with Crippen LogP contribution in [-0.4, -0.2) is 6.04 Å². The first-order chi connectivity index (χ1) is 9.67. The van der Waals surface area contributed by atoms with Crippen molar-refractivity contribution in [3.05, 3.63) is 80.1 Å². The molecular formula is C15H13Cl2N3. The summed E-state index contributed by atoms with van der Waals surface area (Å²) in [6, 6.07) is 15.0. The topological polar surface area (TPSA) is 48.8 Å². The molecule has 0 atom stereocenters. The molecule has 3 nitrogen and oxygen atoms in total. The molecule has 20 heavy (non-hydrogen) atoms. The number of rotatable bonds is 5. The standard InChI is InChI=1S/C15H13Cl2N3/c16-13-5-1-11(2-6-13)9-15(19-20-18)10-12-3-7-14(17)8-4-12/h1-8,15H,9-10H2. The Bertz CT molecular complexity index is 555. The molecular weight excluding hydrogens is 293 g/mol. The number of benzene rings is 2. The Morgan fingerprint density at radius 3 is 1.60 bits per heavy atom. The summed E-state index contributed by atoms with van der Waals surface area (Å²) in [4.78, 5) is 2.94. The molecule has 0 spiro atoms. The number of hydrogen-bond donors (Lipinski definition) is 0. The van der Waals surface area contributed by atoms with Crippen LogP contribution in [0.5, 0.6) is 0 Å². The van der Waals surface area contributed by atoms with E-state index in [-0.39, 0.29) is 6.04 Å². The van der Waals surface area contributed by atoms with Crippen molar-refractivity contribution in [2.24, 2.45) is 5.11 Å². The van der Waals surface area contributed by atoms with Gasteiger partial charge in [0.1, 0.15) is 0 Å². The van der Waals surface area contributed by atoms with Crippen LogP contribution in [0, 0.1) is 0 Å². The zero-order chi connectivity index (χ0) is 14.4. The molecule has 5 heteroatoms. The molecule has 0 unspecified atom stereocenters. The summed E-state index contributed by atoms with van der Waals surface area (Å²) < 4.78 is 0. The van der Waals surface area contributed by atoms with Gasteiger partial charge in [-0.1, -0.05) is 52.6 Å². The third kappa shape index (κ3) is 4.46. The van der Waals surface area contributed by atoms with Crippen molar-refractivity contribution in [1.82, 2.24) is 0 Å². The van der Waals surface area contributed by atoms with Crippen LogP contribution in [0.3, 0.4) is 0 Å². The third-order valence-corrected chi connectivity index (χ3v) is 3.49. The van der Waals surface area contributed by atoms with E-state index in [4.69, 9.17) is 28.7 Å². The predicted octanol–water partition coefficient (Wildman–Crippen LogP) is 5.46. The molecule has 2 aromatic rings. The average molecular weight is 306 g/mol. The highest BCUT2D eigenvalue weighted by Crippen LogP contribution is 2.16. The molecule has 2 aromatic carbocycles. The first kappa shape index (κ1) is 14.7. The van der Waals surface area contributed by atoms with Gasteiger partial charge in [0.25, 0.3) is 0 Å². The van der Waals surface area contributed by atoms with Gasteiger partial charge < -0.3 is 0 Å². The minimum absolute atomic E-state index is 0.123. The molecule has 0 saturated carbocycles. The Kier molecular flexibility index (Phi) is 5.31. The lowest BCUT2D eigenvalue weighted by Crippen LogP contribution is -2.11. The molecule has 2 rings (SSSR count). The van der Waals surface area contributed by atoms with Gasteiger partial charge >= 0.3 is 0 Å². The van der Waals surface area contributed by atoms with Gasteiger partial charge in [-0.25, -0.2) is 0 Å². The second-order valence-corrected chi connectivity index (χ2v) is 5.39. The number of nitrogens with zero attached hydrogens (tertiary/aromatic N) is 3. The van der Waals surface area contributed by atoms with Gasteiger partial charge in [0.15, 0.2) is 0 Å². The molecule has 0 radical (unpaired) electrons. The van der Waals surface area contributed by atoms with Crippen molar-refractivity contribution in [1.29, 1.82) is 0 Å². The number of halogens is 2. The first-order valence-corrected chi connectivity index (χ1v) is 6.96. The van der Waals surface area contributed by atoms with E-state index in [0.29, 0.717) is 22.9 Å². The zero-order valence-corrected chi connectivity index (χ0v) is 12.2. The van der Waals surface area contributed by atoms with Crippen LogP contribution in [0.2, 0.25) is 10.0 Å². The zero-order valence-electron chi connectivity index (χ0n) is 10.7. The van der Waals surface area contributed by atoms with E-state index < -0.39 is 0 Å². The highest BCUT2D eigenvalue weighted by Gasteiger charge is 2.09. The maximum absolute atomic E-state index is 8.70. The summed E-state index contributed by atoms with van der Waals surface area (Å²) in [6.45, 7) is 0. The lowest BCUT2D eigenvalue weighted by Gasteiger charge is -2.11. The van der Waals surface area contributed by atoms with Crippen molar-refractivity contribution >= 4 is 23.2 Å². The van der Waals surface area contributed by atoms with Gasteiger partial charge in [-0.15, -0.1) is 0 Å². The molecule has 0 amide bonds. The van der Waals surface area contributed by atoms with Crippen molar-refractivity contribution in [2.75, 3.05) is 0 Å². The second-order valence-electron chi connectivity index (χ2n) is 4.52. The Morgan fingerprint density at radius 1 is 0.850 bits per heavy atom. The second kappa shape index (κ2) is 7.20. The molecule has 0 bridgehead atoms. The van der Waals surface area contributed by atoms with E-state index in [1.807, 2.05) is 48.5 Å². The fourth-order valence-corrected chi connectivity index (χ4v) is 2.26. The molecule has 0 aliphatic heterocycles. The van der Waals surface area contributed by atoms with E-state index in [2.05, 4.69) is 10.0 Å². The SMILES string of the molecule is [N-]=[N+]=NC(Cc1ccc(Cl)cc1)Cc1ccc(Cl)cc1. The third-order valence-electron chi connectivity index (χ3n) is 2.98. The van der Waals surface area contributed by atoms with E-state index in [0.717, 1.165) is 11.1 Å². The fourth-order valence-electron chi connectivity index (χ4n) is 2.01. The fraction of sp³-hybridized carbons (Fsp3) is 0.200. The van der Waals surface area contributed by atoms with Gasteiger partial charge in [0, 0.05) is 21.0 Å². The van der Waals surface area contributed by atoms with Crippen LogP contribution in [0.15, 0.2) is 53.6 Å². The molecule has 0 aliphatic carbocycles. The lowest BCUT2D eigenvalue weighted by molar-refractivity contribution is 0.660. The largest absolute Gasteiger partial charge is 0.0899 e. The van der Waals surface area contributed by atoms with Crippen LogP contribution >= 0.6 is 23.2 Å². The Morgan fingerprint density at radius 2 is 1.25 bits per heavy atom. The van der Waals surface area contributed by atoms with Crippen LogP contribution < -0.4 is 0 Å². The maximum Gasteiger partial charge on any atom is 0.0454 e. The highest BCUT2D eigenvalue weighted by atomic mass is 35.5. The van der Waals surface area contributed by atoms with Crippen LogP contribution in [0.25, 0.3) is 10.4 Å². The Labute approximate surface area is 127 Å². The predicted molar refractivity (Wildman–Crippen MR) is 83.2 cm³/mol. The molecule has 0 aromatic heterocycles. The Hall–Kier alpha value is -1.67. The van der Waals surface area contributed by atoms with Crippen molar-refractivity contribution in [3.8, 4) is 0 Å². The van der Waals surface area contributed by atoms with Crippen LogP contribution in [-0.2, 0) is 12.8 Å². The van der Waals surface area contributed by atoms with E-state index in [1.165, 1.54) is 0 Å². The van der Waals surface area contributed by atoms with Gasteiger partial charge in [0.05, 0.1) is 0 Å². The minimum Gasteiger partial charge on any atom is -0.0899 e. The summed E-state index contributed by atoms with van der Waals surface area (Å²) in [5.74, 6) is 0. The minimum atomic E-state index is -0.123. The molecule has 0 N–H and O–H groups in total. The van der Waals surface area contributed by atoms with Gasteiger partial charge in [0.2, 0.25) is 0 Å². The van der Waals surface area contributed by atoms with E-state index >= 15 is 0 Å². The van der Waals surface area contributed by atoms with Crippen LogP contribution in [0.1, 0.15) is 11.1 Å². The normalized spacial score (nSPS) is 10.3. The number of azide groups is 1. The van der Waals surface area contributed by atoms with Crippen molar-refractivity contribution < 1.29 is 0 Å². The maximum atomic E-state index is 8.70. The van der Waals surface area contributed by atoms with E-state index in [1.54, 1.807) is 0 Å². The molecule has 0 heterocycles. The van der Waals surface area contributed by atoms with Gasteiger partial charge in [-0.2, -0.15) is 0 Å². The number of hydrogen-bond acceptors (Lipinski definition) is 1. The summed E-state index contributed by atoms with van der Waals surface area (Å²) in [5, 5.41) is 5.28. The summed E-state index contributed by atoms with van der Waals surface area (Å²) in [6.07, 6.45) is 1.37. The summed E-state index contributed by atoms with van der Waals surface area (Å²) >= 11 is 11.7. The smallest absolute Gasteiger partial charge is 0.0454 e.